The summed E-state index contributed by atoms with van der Waals surface area (Å²) >= 11 is 2.89. The predicted octanol–water partition coefficient (Wildman–Crippen LogP) is 1.26. The second kappa shape index (κ2) is 5.53. The molecule has 0 aliphatic heterocycles. The molecule has 6 nitrogen and oxygen atoms in total. The van der Waals surface area contributed by atoms with Crippen LogP contribution in [0, 0.1) is 11.6 Å². The molecule has 0 radical (unpaired) electrons. The monoisotopic (exact) mass is 346 g/mol. The standard InChI is InChI=1S/C11H9BrF2N4O2/c1-17-5-15-18(11(17)20)4-10(19)16-9-2-6(12)7(13)3-8(9)14/h2-3,5H,4H2,1H3,(H,16,19). The zero-order valence-electron chi connectivity index (χ0n) is 10.2. The maximum atomic E-state index is 13.4. The van der Waals surface area contributed by atoms with Crippen molar-refractivity contribution in [2.75, 3.05) is 5.32 Å². The Bertz CT molecular complexity index is 726. The fourth-order valence-corrected chi connectivity index (χ4v) is 1.82. The second-order valence-corrected chi connectivity index (χ2v) is 4.83. The van der Waals surface area contributed by atoms with E-state index < -0.39 is 23.2 Å². The van der Waals surface area contributed by atoms with Crippen LogP contribution in [0.25, 0.3) is 0 Å². The summed E-state index contributed by atoms with van der Waals surface area (Å²) in [7, 11) is 1.49. The molecule has 1 amide bonds. The van der Waals surface area contributed by atoms with E-state index in [9.17, 15) is 18.4 Å². The Morgan fingerprint density at radius 3 is 2.70 bits per heavy atom. The summed E-state index contributed by atoms with van der Waals surface area (Å²) in [6.07, 6.45) is 1.25. The second-order valence-electron chi connectivity index (χ2n) is 3.98. The first kappa shape index (κ1) is 14.4. The van der Waals surface area contributed by atoms with Crippen molar-refractivity contribution >= 4 is 27.5 Å². The number of benzene rings is 1. The number of amides is 1. The van der Waals surface area contributed by atoms with Gasteiger partial charge in [0.15, 0.2) is 0 Å². The molecular weight excluding hydrogens is 338 g/mol. The summed E-state index contributed by atoms with van der Waals surface area (Å²) in [4.78, 5) is 23.2. The maximum absolute atomic E-state index is 13.4. The lowest BCUT2D eigenvalue weighted by molar-refractivity contribution is -0.117. The first-order chi connectivity index (χ1) is 9.38. The zero-order chi connectivity index (χ0) is 14.9. The fourth-order valence-electron chi connectivity index (χ4n) is 1.47. The lowest BCUT2D eigenvalue weighted by atomic mass is 10.3. The van der Waals surface area contributed by atoms with E-state index in [1.807, 2.05) is 0 Å². The maximum Gasteiger partial charge on any atom is 0.345 e. The van der Waals surface area contributed by atoms with Gasteiger partial charge in [0.25, 0.3) is 0 Å². The van der Waals surface area contributed by atoms with Crippen molar-refractivity contribution in [3.8, 4) is 0 Å². The van der Waals surface area contributed by atoms with E-state index in [0.29, 0.717) is 6.07 Å². The highest BCUT2D eigenvalue weighted by molar-refractivity contribution is 9.10. The molecule has 1 aromatic heterocycles. The quantitative estimate of drug-likeness (QED) is 0.850. The Morgan fingerprint density at radius 2 is 2.10 bits per heavy atom. The average molecular weight is 347 g/mol. The van der Waals surface area contributed by atoms with Gasteiger partial charge in [-0.25, -0.2) is 18.3 Å². The zero-order valence-corrected chi connectivity index (χ0v) is 11.8. The molecular formula is C11H9BrF2N4O2. The highest BCUT2D eigenvalue weighted by Crippen LogP contribution is 2.23. The predicted molar refractivity (Wildman–Crippen MR) is 70.2 cm³/mol. The van der Waals surface area contributed by atoms with Crippen molar-refractivity contribution < 1.29 is 13.6 Å². The van der Waals surface area contributed by atoms with Gasteiger partial charge in [-0.2, -0.15) is 5.10 Å². The summed E-state index contributed by atoms with van der Waals surface area (Å²) in [5, 5.41) is 5.94. The van der Waals surface area contributed by atoms with Crippen molar-refractivity contribution in [1.29, 1.82) is 0 Å². The summed E-state index contributed by atoms with van der Waals surface area (Å²) < 4.78 is 28.6. The fraction of sp³-hybridized carbons (Fsp3) is 0.182. The first-order valence-electron chi connectivity index (χ1n) is 5.41. The molecule has 1 N–H and O–H groups in total. The summed E-state index contributed by atoms with van der Waals surface area (Å²) in [6, 6.07) is 1.75. The number of aromatic nitrogens is 3. The normalized spacial score (nSPS) is 10.6. The van der Waals surface area contributed by atoms with Crippen LogP contribution in [-0.4, -0.2) is 20.3 Å². The van der Waals surface area contributed by atoms with Gasteiger partial charge in [-0.15, -0.1) is 0 Å². The van der Waals surface area contributed by atoms with E-state index in [4.69, 9.17) is 0 Å². The Kier molecular flexibility index (Phi) is 3.98. The first-order valence-corrected chi connectivity index (χ1v) is 6.20. The number of carbonyl (C=O) groups is 1. The molecule has 0 saturated heterocycles. The van der Waals surface area contributed by atoms with E-state index in [1.165, 1.54) is 17.9 Å². The largest absolute Gasteiger partial charge is 0.345 e. The molecule has 9 heteroatoms. The smallest absolute Gasteiger partial charge is 0.322 e. The molecule has 1 heterocycles. The molecule has 1 aromatic carbocycles. The van der Waals surface area contributed by atoms with Gasteiger partial charge in [0, 0.05) is 13.1 Å². The molecule has 0 fully saturated rings. The number of anilines is 1. The topological polar surface area (TPSA) is 68.9 Å². The minimum absolute atomic E-state index is 0.0178. The summed E-state index contributed by atoms with van der Waals surface area (Å²) in [5.41, 5.74) is -0.659. The van der Waals surface area contributed by atoms with Crippen LogP contribution in [0.15, 0.2) is 27.7 Å². The van der Waals surface area contributed by atoms with Crippen LogP contribution < -0.4 is 11.0 Å². The van der Waals surface area contributed by atoms with E-state index in [2.05, 4.69) is 26.3 Å². The van der Waals surface area contributed by atoms with Crippen LogP contribution in [0.3, 0.4) is 0 Å². The molecule has 0 aliphatic carbocycles. The van der Waals surface area contributed by atoms with Crippen LogP contribution in [0.2, 0.25) is 0 Å². The van der Waals surface area contributed by atoms with Crippen LogP contribution >= 0.6 is 15.9 Å². The average Bonchev–Trinajstić information content (AvgIpc) is 2.68. The van der Waals surface area contributed by atoms with Crippen molar-refractivity contribution in [3.05, 3.63) is 45.1 Å². The number of rotatable bonds is 3. The van der Waals surface area contributed by atoms with Gasteiger partial charge in [-0.3, -0.25) is 9.36 Å². The molecule has 0 aliphatic rings. The van der Waals surface area contributed by atoms with E-state index in [-0.39, 0.29) is 16.7 Å². The van der Waals surface area contributed by atoms with Crippen molar-refractivity contribution in [2.24, 2.45) is 7.05 Å². The molecule has 2 aromatic rings. The lowest BCUT2D eigenvalue weighted by Crippen LogP contribution is -2.29. The Hall–Kier alpha value is -2.03. The van der Waals surface area contributed by atoms with Gasteiger partial charge >= 0.3 is 5.69 Å². The Labute approximate surface area is 120 Å². The molecule has 2 rings (SSSR count). The number of carbonyl (C=O) groups excluding carboxylic acids is 1. The van der Waals surface area contributed by atoms with Crippen LogP contribution in [-0.2, 0) is 18.4 Å². The van der Waals surface area contributed by atoms with Gasteiger partial charge in [-0.1, -0.05) is 0 Å². The van der Waals surface area contributed by atoms with E-state index >= 15 is 0 Å². The van der Waals surface area contributed by atoms with Crippen LogP contribution in [0.1, 0.15) is 0 Å². The Balaban J connectivity index is 2.14. The highest BCUT2D eigenvalue weighted by Gasteiger charge is 2.13. The number of nitrogens with zero attached hydrogens (tertiary/aromatic N) is 3. The SMILES string of the molecule is Cn1cnn(CC(=O)Nc2cc(Br)c(F)cc2F)c1=O. The number of halogens is 3. The number of aryl methyl sites for hydroxylation is 1. The lowest BCUT2D eigenvalue weighted by Gasteiger charge is -2.07. The number of nitrogens with one attached hydrogen (secondary N) is 1. The van der Waals surface area contributed by atoms with Gasteiger partial charge in [0.1, 0.15) is 24.5 Å². The number of hydrogen-bond donors (Lipinski definition) is 1. The minimum atomic E-state index is -0.910. The van der Waals surface area contributed by atoms with Gasteiger partial charge in [0.05, 0.1) is 10.2 Å². The highest BCUT2D eigenvalue weighted by atomic mass is 79.9. The summed E-state index contributed by atoms with van der Waals surface area (Å²) in [6.45, 7) is -0.367. The molecule has 0 bridgehead atoms. The molecule has 106 valence electrons. The van der Waals surface area contributed by atoms with Gasteiger partial charge in [0.2, 0.25) is 5.91 Å². The number of hydrogen-bond acceptors (Lipinski definition) is 3. The van der Waals surface area contributed by atoms with Crippen LogP contribution in [0.4, 0.5) is 14.5 Å². The molecule has 0 spiro atoms. The van der Waals surface area contributed by atoms with E-state index in [0.717, 1.165) is 10.7 Å². The molecule has 0 unspecified atom stereocenters. The van der Waals surface area contributed by atoms with Crippen molar-refractivity contribution in [1.82, 2.24) is 14.3 Å². The third-order valence-electron chi connectivity index (χ3n) is 2.46. The van der Waals surface area contributed by atoms with Crippen molar-refractivity contribution in [2.45, 2.75) is 6.54 Å². The van der Waals surface area contributed by atoms with Crippen LogP contribution in [0.5, 0.6) is 0 Å². The minimum Gasteiger partial charge on any atom is -0.322 e. The molecule has 20 heavy (non-hydrogen) atoms. The third-order valence-corrected chi connectivity index (χ3v) is 3.07. The van der Waals surface area contributed by atoms with Crippen molar-refractivity contribution in [3.63, 3.8) is 0 Å². The molecule has 0 saturated carbocycles. The Morgan fingerprint density at radius 1 is 1.40 bits per heavy atom. The molecule has 0 atom stereocenters. The van der Waals surface area contributed by atoms with E-state index in [1.54, 1.807) is 0 Å². The summed E-state index contributed by atoms with van der Waals surface area (Å²) in [5.74, 6) is -2.34. The third kappa shape index (κ3) is 2.93. The van der Waals surface area contributed by atoms with Gasteiger partial charge in [-0.05, 0) is 22.0 Å². The van der Waals surface area contributed by atoms with Gasteiger partial charge < -0.3 is 5.32 Å².